The second kappa shape index (κ2) is 12.5. The fourth-order valence-electron chi connectivity index (χ4n) is 3.50. The Morgan fingerprint density at radius 3 is 1.76 bits per heavy atom. The van der Waals surface area contributed by atoms with Gasteiger partial charge in [0.2, 0.25) is 5.91 Å². The van der Waals surface area contributed by atoms with Crippen molar-refractivity contribution in [1.82, 2.24) is 5.32 Å². The molecule has 2 heterocycles. The van der Waals surface area contributed by atoms with Crippen LogP contribution in [0.25, 0.3) is 0 Å². The summed E-state index contributed by atoms with van der Waals surface area (Å²) in [7, 11) is -15.7. The molecule has 10 atom stereocenters. The van der Waals surface area contributed by atoms with Crippen molar-refractivity contribution in [2.45, 2.75) is 68.3 Å². The molecular weight excluding hydrogens is 598 g/mol. The van der Waals surface area contributed by atoms with E-state index < -0.39 is 112 Å². The van der Waals surface area contributed by atoms with Crippen molar-refractivity contribution in [1.29, 1.82) is 0 Å². The van der Waals surface area contributed by atoms with Crippen molar-refractivity contribution >= 4 is 37.1 Å². The highest BCUT2D eigenvalue weighted by Gasteiger charge is 2.53. The number of aliphatic hydroxyl groups is 4. The molecule has 0 unspecified atom stereocenters. The van der Waals surface area contributed by atoms with Crippen molar-refractivity contribution in [2.24, 2.45) is 0 Å². The predicted octanol–water partition coefficient (Wildman–Crippen LogP) is -5.77. The monoisotopic (exact) mass is 623 g/mol. The summed E-state index contributed by atoms with van der Waals surface area (Å²) in [6, 6.07) is -1.93. The highest BCUT2D eigenvalue weighted by Crippen LogP contribution is 2.31. The lowest BCUT2D eigenvalue weighted by Crippen LogP contribution is -2.68. The quantitative estimate of drug-likeness (QED) is 0.0993. The molecule has 2 saturated heterocycles. The molecular formula is C14H25NO20S3. The Kier molecular flexibility index (Phi) is 10.9. The van der Waals surface area contributed by atoms with Crippen LogP contribution in [0.3, 0.4) is 0 Å². The number of amides is 1. The number of nitrogens with one attached hydrogen (secondary N) is 1. The van der Waals surface area contributed by atoms with E-state index in [-0.39, 0.29) is 0 Å². The second-order valence-electron chi connectivity index (χ2n) is 7.82. The van der Waals surface area contributed by atoms with Gasteiger partial charge in [-0.25, -0.2) is 12.5 Å². The van der Waals surface area contributed by atoms with Crippen molar-refractivity contribution in [3.8, 4) is 0 Å². The molecule has 0 aliphatic carbocycles. The lowest BCUT2D eigenvalue weighted by atomic mass is 9.95. The number of carbonyl (C=O) groups excluding carboxylic acids is 1. The van der Waals surface area contributed by atoms with E-state index in [1.807, 2.05) is 0 Å². The number of ether oxygens (including phenoxy) is 3. The van der Waals surface area contributed by atoms with Crippen LogP contribution in [0, 0.1) is 0 Å². The van der Waals surface area contributed by atoms with E-state index in [1.165, 1.54) is 0 Å². The molecule has 2 aliphatic heterocycles. The summed E-state index contributed by atoms with van der Waals surface area (Å²) >= 11 is 0. The Balaban J connectivity index is 2.47. The molecule has 0 aromatic heterocycles. The zero-order chi connectivity index (χ0) is 29.2. The lowest BCUT2D eigenvalue weighted by molar-refractivity contribution is -0.339. The van der Waals surface area contributed by atoms with E-state index in [9.17, 15) is 50.5 Å². The van der Waals surface area contributed by atoms with Gasteiger partial charge in [0.1, 0.15) is 48.8 Å². The molecule has 24 heteroatoms. The Morgan fingerprint density at radius 1 is 0.763 bits per heavy atom. The summed E-state index contributed by atoms with van der Waals surface area (Å²) in [4.78, 5) is 11.8. The van der Waals surface area contributed by atoms with Crippen LogP contribution in [0.15, 0.2) is 0 Å². The molecule has 224 valence electrons. The van der Waals surface area contributed by atoms with Gasteiger partial charge in [-0.15, -0.1) is 0 Å². The Labute approximate surface area is 215 Å². The summed E-state index contributed by atoms with van der Waals surface area (Å²) in [5.41, 5.74) is 0. The van der Waals surface area contributed by atoms with Crippen LogP contribution in [-0.4, -0.2) is 140 Å². The summed E-state index contributed by atoms with van der Waals surface area (Å²) < 4.78 is 122. The molecule has 2 rings (SSSR count). The average molecular weight is 624 g/mol. The van der Waals surface area contributed by atoms with Crippen molar-refractivity contribution in [2.75, 3.05) is 13.2 Å². The minimum Gasteiger partial charge on any atom is -0.387 e. The minimum absolute atomic E-state index is 0.892. The van der Waals surface area contributed by atoms with Crippen LogP contribution < -0.4 is 5.32 Å². The highest BCUT2D eigenvalue weighted by molar-refractivity contribution is 7.81. The second-order valence-corrected chi connectivity index (χ2v) is 11.1. The topological polar surface area (TPSA) is 329 Å². The van der Waals surface area contributed by atoms with Gasteiger partial charge in [0.05, 0.1) is 13.2 Å². The smallest absolute Gasteiger partial charge is 0.387 e. The number of hydrogen-bond donors (Lipinski definition) is 8. The van der Waals surface area contributed by atoms with Gasteiger partial charge in [-0.3, -0.25) is 18.5 Å². The highest BCUT2D eigenvalue weighted by atomic mass is 32.3. The predicted molar refractivity (Wildman–Crippen MR) is 111 cm³/mol. The molecule has 0 saturated carbocycles. The summed E-state index contributed by atoms with van der Waals surface area (Å²) in [5.74, 6) is -0.946. The number of rotatable bonds is 11. The van der Waals surface area contributed by atoms with E-state index >= 15 is 0 Å². The summed E-state index contributed by atoms with van der Waals surface area (Å²) in [6.07, 6.45) is -18.8. The number of hydrogen-bond acceptors (Lipinski definition) is 17. The first-order valence-corrected chi connectivity index (χ1v) is 14.1. The molecule has 0 radical (unpaired) electrons. The summed E-state index contributed by atoms with van der Waals surface area (Å²) in [6.45, 7) is -1.51. The molecule has 0 aromatic carbocycles. The van der Waals surface area contributed by atoms with Crippen LogP contribution in [0.4, 0.5) is 0 Å². The SMILES string of the molecule is CC(=O)N[C@H]1[C@@H](O[C@H]2[C@H](O)[C@@H](O)[C@H](O)O[C@@H]2COS(=O)(=O)O)O[C@H](COS(=O)(=O)O)[C@@H](O)[C@@H]1OS(=O)(=O)O. The molecule has 2 aliphatic rings. The normalized spacial score (nSPS) is 37.1. The van der Waals surface area contributed by atoms with Gasteiger partial charge in [-0.1, -0.05) is 0 Å². The summed E-state index contributed by atoms with van der Waals surface area (Å²) in [5, 5.41) is 42.7. The van der Waals surface area contributed by atoms with E-state index in [0.717, 1.165) is 6.92 Å². The first kappa shape index (κ1) is 33.0. The Bertz CT molecular complexity index is 1140. The van der Waals surface area contributed by atoms with Gasteiger partial charge < -0.3 is 40.0 Å². The first-order valence-electron chi connectivity index (χ1n) is 10.0. The van der Waals surface area contributed by atoms with Crippen LogP contribution in [0.5, 0.6) is 0 Å². The molecule has 0 spiro atoms. The molecule has 0 bridgehead atoms. The third-order valence-corrected chi connectivity index (χ3v) is 6.32. The van der Waals surface area contributed by atoms with E-state index in [4.69, 9.17) is 27.9 Å². The molecule has 38 heavy (non-hydrogen) atoms. The first-order chi connectivity index (χ1) is 17.2. The van der Waals surface area contributed by atoms with Gasteiger partial charge in [0.15, 0.2) is 12.6 Å². The zero-order valence-corrected chi connectivity index (χ0v) is 21.3. The fourth-order valence-corrected chi connectivity index (χ4v) is 4.62. The van der Waals surface area contributed by atoms with Gasteiger partial charge in [-0.05, 0) is 0 Å². The van der Waals surface area contributed by atoms with Gasteiger partial charge in [0, 0.05) is 6.92 Å². The van der Waals surface area contributed by atoms with Gasteiger partial charge in [-0.2, -0.15) is 25.3 Å². The number of aliphatic hydroxyl groups excluding tert-OH is 4. The van der Waals surface area contributed by atoms with E-state index in [2.05, 4.69) is 17.9 Å². The maximum atomic E-state index is 11.8. The lowest BCUT2D eigenvalue weighted by Gasteiger charge is -2.47. The third-order valence-electron chi connectivity index (χ3n) is 4.99. The van der Waals surface area contributed by atoms with Crippen LogP contribution in [-0.2, 0) is 62.8 Å². The molecule has 2 fully saturated rings. The van der Waals surface area contributed by atoms with Gasteiger partial charge >= 0.3 is 31.2 Å². The molecule has 21 nitrogen and oxygen atoms in total. The Hall–Kier alpha value is -1.20. The largest absolute Gasteiger partial charge is 0.397 e. The fraction of sp³-hybridized carbons (Fsp3) is 0.929. The van der Waals surface area contributed by atoms with Crippen LogP contribution in [0.1, 0.15) is 6.92 Å². The van der Waals surface area contributed by atoms with E-state index in [0.29, 0.717) is 0 Å². The third kappa shape index (κ3) is 9.77. The molecule has 8 N–H and O–H groups in total. The minimum atomic E-state index is -5.40. The maximum absolute atomic E-state index is 11.8. The standard InChI is InChI=1S/C14H25NO20S3/c1-4(16)15-7-12(35-38(27,28)29)8(17)5(2-30-36(21,22)23)33-14(7)34-11-6(3-31-37(24,25)26)32-13(20)10(19)9(11)18/h5-14,17-20H,2-3H2,1H3,(H,15,16)(H,21,22,23)(H,24,25,26)(H,27,28,29)/t5-,6-,7-,8-,9-,10-,11-,12-,13-,14-/m1/s1. The number of carbonyl (C=O) groups is 1. The average Bonchev–Trinajstić information content (AvgIpc) is 2.73. The van der Waals surface area contributed by atoms with Crippen molar-refractivity contribution in [3.05, 3.63) is 0 Å². The van der Waals surface area contributed by atoms with Crippen molar-refractivity contribution in [3.63, 3.8) is 0 Å². The van der Waals surface area contributed by atoms with Gasteiger partial charge in [0.25, 0.3) is 0 Å². The maximum Gasteiger partial charge on any atom is 0.397 e. The Morgan fingerprint density at radius 2 is 1.29 bits per heavy atom. The van der Waals surface area contributed by atoms with Crippen molar-refractivity contribution < 1.29 is 90.9 Å². The van der Waals surface area contributed by atoms with Crippen LogP contribution >= 0.6 is 0 Å². The van der Waals surface area contributed by atoms with E-state index in [1.54, 1.807) is 0 Å². The molecule has 1 amide bonds. The van der Waals surface area contributed by atoms with Crippen LogP contribution in [0.2, 0.25) is 0 Å². The molecule has 0 aromatic rings. The zero-order valence-electron chi connectivity index (χ0n) is 18.9.